The summed E-state index contributed by atoms with van der Waals surface area (Å²) in [6, 6.07) is 23.6. The quantitative estimate of drug-likeness (QED) is 0.458. The van der Waals surface area contributed by atoms with Gasteiger partial charge in [-0.1, -0.05) is 60.7 Å². The van der Waals surface area contributed by atoms with Gasteiger partial charge in [-0.05, 0) is 29.8 Å². The van der Waals surface area contributed by atoms with Crippen LogP contribution in [0.25, 0.3) is 6.08 Å². The Bertz CT molecular complexity index is 992. The SMILES string of the molecule is COc1cccc(/C=C/C(=O)N(Cc2ccccc2)c2ccccc2)c1OC(F)F. The molecule has 0 aliphatic heterocycles. The molecule has 4 nitrogen and oxygen atoms in total. The van der Waals surface area contributed by atoms with Crippen LogP contribution in [-0.4, -0.2) is 19.6 Å². The zero-order valence-electron chi connectivity index (χ0n) is 16.4. The topological polar surface area (TPSA) is 38.8 Å². The molecule has 30 heavy (non-hydrogen) atoms. The molecular formula is C24H21F2NO3. The van der Waals surface area contributed by atoms with Crippen molar-refractivity contribution in [2.45, 2.75) is 13.2 Å². The number of hydrogen-bond acceptors (Lipinski definition) is 3. The Hall–Kier alpha value is -3.67. The van der Waals surface area contributed by atoms with Gasteiger partial charge in [0.15, 0.2) is 11.5 Å². The van der Waals surface area contributed by atoms with Gasteiger partial charge in [0.25, 0.3) is 5.91 Å². The van der Waals surface area contributed by atoms with Gasteiger partial charge in [-0.2, -0.15) is 8.78 Å². The number of alkyl halides is 2. The molecular weight excluding hydrogens is 388 g/mol. The van der Waals surface area contributed by atoms with E-state index in [-0.39, 0.29) is 17.4 Å². The lowest BCUT2D eigenvalue weighted by Gasteiger charge is -2.21. The first-order chi connectivity index (χ1) is 14.6. The standard InChI is InChI=1S/C24H21F2NO3/c1-29-21-14-8-11-19(23(21)30-24(25)26)15-16-22(28)27(20-12-6-3-7-13-20)17-18-9-4-2-5-10-18/h2-16,24H,17H2,1H3/b16-15+. The molecule has 0 N–H and O–H groups in total. The van der Waals surface area contributed by atoms with Crippen LogP contribution in [0.2, 0.25) is 0 Å². The van der Waals surface area contributed by atoms with Crippen LogP contribution in [0.15, 0.2) is 84.9 Å². The maximum atomic E-state index is 13.0. The van der Waals surface area contributed by atoms with Crippen molar-refractivity contribution in [1.29, 1.82) is 0 Å². The minimum atomic E-state index is -3.01. The van der Waals surface area contributed by atoms with Gasteiger partial charge in [-0.15, -0.1) is 0 Å². The summed E-state index contributed by atoms with van der Waals surface area (Å²) in [6.45, 7) is -2.64. The number of methoxy groups -OCH3 is 1. The summed E-state index contributed by atoms with van der Waals surface area (Å²) in [7, 11) is 1.36. The van der Waals surface area contributed by atoms with Gasteiger partial charge in [0.05, 0.1) is 13.7 Å². The highest BCUT2D eigenvalue weighted by molar-refractivity contribution is 6.04. The number of rotatable bonds is 8. The maximum absolute atomic E-state index is 13.0. The van der Waals surface area contributed by atoms with Crippen LogP contribution in [0.5, 0.6) is 11.5 Å². The summed E-state index contributed by atoms with van der Waals surface area (Å²) in [5.74, 6) is -0.252. The number of nitrogens with zero attached hydrogens (tertiary/aromatic N) is 1. The summed E-state index contributed by atoms with van der Waals surface area (Å²) >= 11 is 0. The Morgan fingerprint density at radius 2 is 1.63 bits per heavy atom. The number of benzene rings is 3. The molecule has 0 heterocycles. The lowest BCUT2D eigenvalue weighted by Crippen LogP contribution is -2.28. The van der Waals surface area contributed by atoms with E-state index in [4.69, 9.17) is 4.74 Å². The van der Waals surface area contributed by atoms with Gasteiger partial charge in [-0.25, -0.2) is 0 Å². The highest BCUT2D eigenvalue weighted by atomic mass is 19.3. The Kier molecular flexibility index (Phi) is 7.16. The molecule has 0 aliphatic carbocycles. The lowest BCUT2D eigenvalue weighted by molar-refractivity contribution is -0.114. The molecule has 0 spiro atoms. The molecule has 0 atom stereocenters. The van der Waals surface area contributed by atoms with Crippen molar-refractivity contribution in [3.8, 4) is 11.5 Å². The number of carbonyl (C=O) groups excluding carboxylic acids is 1. The van der Waals surface area contributed by atoms with Crippen LogP contribution in [0.1, 0.15) is 11.1 Å². The van der Waals surface area contributed by atoms with E-state index in [1.54, 1.807) is 17.0 Å². The second-order valence-electron chi connectivity index (χ2n) is 6.34. The summed E-state index contributed by atoms with van der Waals surface area (Å²) in [5.41, 5.74) is 2.01. The minimum absolute atomic E-state index is 0.117. The number of para-hydroxylation sites is 2. The van der Waals surface area contributed by atoms with Gasteiger partial charge < -0.3 is 14.4 Å². The third-order valence-electron chi connectivity index (χ3n) is 4.36. The number of anilines is 1. The molecule has 154 valence electrons. The van der Waals surface area contributed by atoms with Crippen LogP contribution in [-0.2, 0) is 11.3 Å². The van der Waals surface area contributed by atoms with E-state index in [0.717, 1.165) is 11.3 Å². The van der Waals surface area contributed by atoms with E-state index in [1.165, 1.54) is 25.3 Å². The zero-order valence-corrected chi connectivity index (χ0v) is 16.4. The number of carbonyl (C=O) groups is 1. The third-order valence-corrected chi connectivity index (χ3v) is 4.36. The van der Waals surface area contributed by atoms with Crippen LogP contribution < -0.4 is 14.4 Å². The van der Waals surface area contributed by atoms with E-state index in [2.05, 4.69) is 4.74 Å². The largest absolute Gasteiger partial charge is 0.493 e. The summed E-state index contributed by atoms with van der Waals surface area (Å²) in [5, 5.41) is 0. The second-order valence-corrected chi connectivity index (χ2v) is 6.34. The fourth-order valence-electron chi connectivity index (χ4n) is 2.96. The summed E-state index contributed by atoms with van der Waals surface area (Å²) in [6.07, 6.45) is 2.78. The fourth-order valence-corrected chi connectivity index (χ4v) is 2.96. The fraction of sp³-hybridized carbons (Fsp3) is 0.125. The Morgan fingerprint density at radius 1 is 0.967 bits per heavy atom. The zero-order chi connectivity index (χ0) is 21.3. The number of ether oxygens (including phenoxy) is 2. The van der Waals surface area contributed by atoms with E-state index in [9.17, 15) is 13.6 Å². The number of amides is 1. The summed E-state index contributed by atoms with van der Waals surface area (Å²) in [4.78, 5) is 14.6. The van der Waals surface area contributed by atoms with E-state index in [1.807, 2.05) is 60.7 Å². The van der Waals surface area contributed by atoms with Crippen molar-refractivity contribution >= 4 is 17.7 Å². The summed E-state index contributed by atoms with van der Waals surface area (Å²) < 4.78 is 35.4. The highest BCUT2D eigenvalue weighted by Crippen LogP contribution is 2.33. The molecule has 0 radical (unpaired) electrons. The molecule has 6 heteroatoms. The molecule has 0 saturated carbocycles. The molecule has 0 aliphatic rings. The second kappa shape index (κ2) is 10.2. The van der Waals surface area contributed by atoms with Crippen molar-refractivity contribution in [3.63, 3.8) is 0 Å². The first-order valence-corrected chi connectivity index (χ1v) is 9.29. The Balaban J connectivity index is 1.90. The molecule has 3 aromatic rings. The maximum Gasteiger partial charge on any atom is 0.387 e. The first-order valence-electron chi connectivity index (χ1n) is 9.29. The van der Waals surface area contributed by atoms with Crippen molar-refractivity contribution in [1.82, 2.24) is 0 Å². The van der Waals surface area contributed by atoms with Crippen LogP contribution >= 0.6 is 0 Å². The highest BCUT2D eigenvalue weighted by Gasteiger charge is 2.16. The number of hydrogen-bond donors (Lipinski definition) is 0. The molecule has 3 rings (SSSR count). The molecule has 0 aromatic heterocycles. The molecule has 0 saturated heterocycles. The van der Waals surface area contributed by atoms with E-state index in [0.29, 0.717) is 12.1 Å². The first kappa shape index (κ1) is 21.0. The van der Waals surface area contributed by atoms with Crippen molar-refractivity contribution in [2.24, 2.45) is 0 Å². The predicted molar refractivity (Wildman–Crippen MR) is 113 cm³/mol. The van der Waals surface area contributed by atoms with Crippen molar-refractivity contribution in [2.75, 3.05) is 12.0 Å². The molecule has 1 amide bonds. The monoisotopic (exact) mass is 409 g/mol. The Morgan fingerprint density at radius 3 is 2.27 bits per heavy atom. The van der Waals surface area contributed by atoms with Crippen LogP contribution in [0, 0.1) is 0 Å². The molecule has 0 fully saturated rings. The van der Waals surface area contributed by atoms with Gasteiger partial charge in [-0.3, -0.25) is 4.79 Å². The lowest BCUT2D eigenvalue weighted by atomic mass is 10.1. The normalized spacial score (nSPS) is 10.9. The average molecular weight is 409 g/mol. The molecule has 0 bridgehead atoms. The van der Waals surface area contributed by atoms with Gasteiger partial charge in [0.2, 0.25) is 0 Å². The minimum Gasteiger partial charge on any atom is -0.493 e. The van der Waals surface area contributed by atoms with Crippen LogP contribution in [0.3, 0.4) is 0 Å². The van der Waals surface area contributed by atoms with Gasteiger partial charge >= 0.3 is 6.61 Å². The van der Waals surface area contributed by atoms with Gasteiger partial charge in [0, 0.05) is 17.3 Å². The van der Waals surface area contributed by atoms with Gasteiger partial charge in [0.1, 0.15) is 0 Å². The van der Waals surface area contributed by atoms with E-state index < -0.39 is 6.61 Å². The number of halogens is 2. The smallest absolute Gasteiger partial charge is 0.387 e. The predicted octanol–water partition coefficient (Wildman–Crippen LogP) is 5.54. The molecule has 0 unspecified atom stereocenters. The average Bonchev–Trinajstić information content (AvgIpc) is 2.77. The molecule has 3 aromatic carbocycles. The van der Waals surface area contributed by atoms with Crippen molar-refractivity contribution < 1.29 is 23.0 Å². The Labute approximate surface area is 174 Å². The van der Waals surface area contributed by atoms with Crippen molar-refractivity contribution in [3.05, 3.63) is 96.1 Å². The van der Waals surface area contributed by atoms with E-state index >= 15 is 0 Å². The third kappa shape index (κ3) is 5.44. The van der Waals surface area contributed by atoms with Crippen LogP contribution in [0.4, 0.5) is 14.5 Å².